The third kappa shape index (κ3) is 5.61. The number of phenolic OH excluding ortho intramolecular Hbond substituents is 1. The number of phenols is 1. The first-order chi connectivity index (χ1) is 9.56. The highest BCUT2D eigenvalue weighted by Crippen LogP contribution is 2.26. The fourth-order valence-electron chi connectivity index (χ4n) is 2.07. The Labute approximate surface area is 120 Å². The summed E-state index contributed by atoms with van der Waals surface area (Å²) < 4.78 is 5.03. The van der Waals surface area contributed by atoms with Gasteiger partial charge in [-0.1, -0.05) is 25.8 Å². The van der Waals surface area contributed by atoms with E-state index < -0.39 is 6.10 Å². The van der Waals surface area contributed by atoms with Gasteiger partial charge in [-0.3, -0.25) is 4.79 Å². The van der Waals surface area contributed by atoms with Crippen molar-refractivity contribution in [3.63, 3.8) is 0 Å². The molecule has 112 valence electrons. The van der Waals surface area contributed by atoms with Gasteiger partial charge < -0.3 is 14.9 Å². The molecule has 0 unspecified atom stereocenters. The zero-order valence-electron chi connectivity index (χ0n) is 12.3. The second-order valence-corrected chi connectivity index (χ2v) is 5.05. The minimum Gasteiger partial charge on any atom is -0.504 e. The number of aliphatic hydroxyl groups is 1. The predicted molar refractivity (Wildman–Crippen MR) is 78.1 cm³/mol. The van der Waals surface area contributed by atoms with Gasteiger partial charge in [0, 0.05) is 12.8 Å². The van der Waals surface area contributed by atoms with Crippen LogP contribution in [-0.4, -0.2) is 29.2 Å². The maximum Gasteiger partial charge on any atom is 0.160 e. The normalized spacial score (nSPS) is 12.2. The number of hydrogen-bond acceptors (Lipinski definition) is 4. The average Bonchev–Trinajstić information content (AvgIpc) is 2.44. The summed E-state index contributed by atoms with van der Waals surface area (Å²) in [5.41, 5.74) is 0.941. The van der Waals surface area contributed by atoms with Crippen LogP contribution in [0.15, 0.2) is 18.2 Å². The first-order valence-corrected chi connectivity index (χ1v) is 7.12. The molecule has 20 heavy (non-hydrogen) atoms. The number of aromatic hydroxyl groups is 1. The van der Waals surface area contributed by atoms with Gasteiger partial charge in [0.05, 0.1) is 13.2 Å². The minimum absolute atomic E-state index is 0.0700. The molecule has 0 aliphatic rings. The number of carbonyl (C=O) groups excluding carboxylic acids is 1. The first kappa shape index (κ1) is 16.5. The van der Waals surface area contributed by atoms with Crippen LogP contribution in [0.25, 0.3) is 0 Å². The molecule has 0 amide bonds. The molecule has 0 aromatic heterocycles. The number of rotatable bonds is 9. The number of carbonyl (C=O) groups is 1. The summed E-state index contributed by atoms with van der Waals surface area (Å²) in [6, 6.07) is 5.07. The van der Waals surface area contributed by atoms with E-state index in [0.29, 0.717) is 25.0 Å². The highest BCUT2D eigenvalue weighted by Gasteiger charge is 2.11. The Morgan fingerprint density at radius 1 is 1.40 bits per heavy atom. The SMILES string of the molecule is CCCC[C@H](O)CC(=O)CCc1ccc(O)c(OC)c1. The quantitative estimate of drug-likeness (QED) is 0.730. The van der Waals surface area contributed by atoms with Crippen molar-refractivity contribution < 1.29 is 19.7 Å². The van der Waals surface area contributed by atoms with E-state index in [1.54, 1.807) is 18.2 Å². The van der Waals surface area contributed by atoms with Crippen LogP contribution in [0.1, 0.15) is 44.6 Å². The Morgan fingerprint density at radius 3 is 2.80 bits per heavy atom. The van der Waals surface area contributed by atoms with E-state index in [9.17, 15) is 15.0 Å². The van der Waals surface area contributed by atoms with Gasteiger partial charge in [0.15, 0.2) is 11.5 Å². The van der Waals surface area contributed by atoms with E-state index in [2.05, 4.69) is 6.92 Å². The summed E-state index contributed by atoms with van der Waals surface area (Å²) in [7, 11) is 1.49. The second-order valence-electron chi connectivity index (χ2n) is 5.05. The fraction of sp³-hybridized carbons (Fsp3) is 0.562. The van der Waals surface area contributed by atoms with E-state index in [-0.39, 0.29) is 18.0 Å². The standard InChI is InChI=1S/C16H24O4/c1-3-4-5-13(17)11-14(18)8-6-12-7-9-15(19)16(10-12)20-2/h7,9-10,13,17,19H,3-6,8,11H2,1-2H3/t13-/m0/s1. The molecule has 0 spiro atoms. The number of aliphatic hydroxyl groups excluding tert-OH is 1. The van der Waals surface area contributed by atoms with Crippen molar-refractivity contribution in [3.8, 4) is 11.5 Å². The van der Waals surface area contributed by atoms with Crippen molar-refractivity contribution >= 4 is 5.78 Å². The molecule has 1 atom stereocenters. The first-order valence-electron chi connectivity index (χ1n) is 7.12. The van der Waals surface area contributed by atoms with Crippen molar-refractivity contribution in [1.29, 1.82) is 0 Å². The molecule has 0 aliphatic heterocycles. The van der Waals surface area contributed by atoms with Crippen molar-refractivity contribution in [3.05, 3.63) is 23.8 Å². The number of aryl methyl sites for hydroxylation is 1. The van der Waals surface area contributed by atoms with Crippen molar-refractivity contribution in [2.75, 3.05) is 7.11 Å². The van der Waals surface area contributed by atoms with Gasteiger partial charge in [0.25, 0.3) is 0 Å². The summed E-state index contributed by atoms with van der Waals surface area (Å²) in [6.07, 6.45) is 3.37. The number of ketones is 1. The van der Waals surface area contributed by atoms with Gasteiger partial charge in [-0.2, -0.15) is 0 Å². The molecule has 0 bridgehead atoms. The molecule has 0 saturated carbocycles. The Kier molecular flexibility index (Phi) is 7.09. The van der Waals surface area contributed by atoms with Crippen LogP contribution in [0.2, 0.25) is 0 Å². The molecule has 4 nitrogen and oxygen atoms in total. The van der Waals surface area contributed by atoms with Crippen LogP contribution in [0.5, 0.6) is 11.5 Å². The predicted octanol–water partition coefficient (Wildman–Crippen LogP) is 2.84. The summed E-state index contributed by atoms with van der Waals surface area (Å²) >= 11 is 0. The Bertz CT molecular complexity index is 428. The molecule has 0 heterocycles. The van der Waals surface area contributed by atoms with E-state index in [1.165, 1.54) is 7.11 Å². The van der Waals surface area contributed by atoms with E-state index in [4.69, 9.17) is 4.74 Å². The lowest BCUT2D eigenvalue weighted by atomic mass is 10.0. The van der Waals surface area contributed by atoms with Crippen LogP contribution >= 0.6 is 0 Å². The smallest absolute Gasteiger partial charge is 0.160 e. The van der Waals surface area contributed by atoms with Gasteiger partial charge in [-0.05, 0) is 30.5 Å². The molecule has 2 N–H and O–H groups in total. The number of hydrogen-bond donors (Lipinski definition) is 2. The lowest BCUT2D eigenvalue weighted by Crippen LogP contribution is -2.13. The lowest BCUT2D eigenvalue weighted by Gasteiger charge is -2.09. The number of benzene rings is 1. The molecule has 0 saturated heterocycles. The zero-order valence-corrected chi connectivity index (χ0v) is 12.3. The van der Waals surface area contributed by atoms with E-state index >= 15 is 0 Å². The van der Waals surface area contributed by atoms with Gasteiger partial charge in [0.1, 0.15) is 5.78 Å². The van der Waals surface area contributed by atoms with Gasteiger partial charge in [-0.25, -0.2) is 0 Å². The second kappa shape index (κ2) is 8.59. The third-order valence-corrected chi connectivity index (χ3v) is 3.29. The molecular formula is C16H24O4. The molecule has 0 aliphatic carbocycles. The molecule has 1 rings (SSSR count). The summed E-state index contributed by atoms with van der Waals surface area (Å²) in [4.78, 5) is 11.8. The van der Waals surface area contributed by atoms with E-state index in [1.807, 2.05) is 0 Å². The maximum absolute atomic E-state index is 11.8. The van der Waals surface area contributed by atoms with Crippen molar-refractivity contribution in [1.82, 2.24) is 0 Å². The van der Waals surface area contributed by atoms with Crippen molar-refractivity contribution in [2.24, 2.45) is 0 Å². The van der Waals surface area contributed by atoms with E-state index in [0.717, 1.165) is 18.4 Å². The van der Waals surface area contributed by atoms with Crippen LogP contribution in [0.4, 0.5) is 0 Å². The summed E-state index contributed by atoms with van der Waals surface area (Å²) in [5, 5.41) is 19.2. The molecular weight excluding hydrogens is 256 g/mol. The fourth-order valence-corrected chi connectivity index (χ4v) is 2.07. The Balaban J connectivity index is 2.41. The van der Waals surface area contributed by atoms with Gasteiger partial charge in [0.2, 0.25) is 0 Å². The average molecular weight is 280 g/mol. The molecule has 0 fully saturated rings. The number of unbranched alkanes of at least 4 members (excludes halogenated alkanes) is 1. The number of Topliss-reactive ketones (excluding diaryl/α,β-unsaturated/α-hetero) is 1. The zero-order chi connectivity index (χ0) is 15.0. The number of methoxy groups -OCH3 is 1. The monoisotopic (exact) mass is 280 g/mol. The van der Waals surface area contributed by atoms with Crippen LogP contribution in [-0.2, 0) is 11.2 Å². The largest absolute Gasteiger partial charge is 0.504 e. The highest BCUT2D eigenvalue weighted by atomic mass is 16.5. The molecule has 1 aromatic rings. The van der Waals surface area contributed by atoms with Crippen molar-refractivity contribution in [2.45, 2.75) is 51.6 Å². The Morgan fingerprint density at radius 2 is 2.15 bits per heavy atom. The summed E-state index contributed by atoms with van der Waals surface area (Å²) in [6.45, 7) is 2.06. The van der Waals surface area contributed by atoms with Crippen LogP contribution in [0.3, 0.4) is 0 Å². The van der Waals surface area contributed by atoms with Gasteiger partial charge >= 0.3 is 0 Å². The molecule has 4 heteroatoms. The Hall–Kier alpha value is -1.55. The molecule has 1 aromatic carbocycles. The maximum atomic E-state index is 11.8. The summed E-state index contributed by atoms with van der Waals surface area (Å²) in [5.74, 6) is 0.580. The molecule has 0 radical (unpaired) electrons. The van der Waals surface area contributed by atoms with Crippen LogP contribution < -0.4 is 4.74 Å². The highest BCUT2D eigenvalue weighted by molar-refractivity contribution is 5.79. The topological polar surface area (TPSA) is 66.8 Å². The van der Waals surface area contributed by atoms with Gasteiger partial charge in [-0.15, -0.1) is 0 Å². The number of ether oxygens (including phenoxy) is 1. The van der Waals surface area contributed by atoms with Crippen LogP contribution in [0, 0.1) is 0 Å². The minimum atomic E-state index is -0.517. The lowest BCUT2D eigenvalue weighted by molar-refractivity contribution is -0.121. The third-order valence-electron chi connectivity index (χ3n) is 3.29.